The van der Waals surface area contributed by atoms with Gasteiger partial charge in [0.2, 0.25) is 0 Å². The van der Waals surface area contributed by atoms with Gasteiger partial charge in [0.25, 0.3) is 0 Å². The minimum atomic E-state index is 0. The molecule has 0 aromatic heterocycles. The van der Waals surface area contributed by atoms with Gasteiger partial charge in [-0.1, -0.05) is 0 Å². The molecule has 10 heteroatoms. The summed E-state index contributed by atoms with van der Waals surface area (Å²) in [6, 6.07) is 0. The van der Waals surface area contributed by atoms with Gasteiger partial charge in [-0.2, -0.15) is 0 Å². The molecule has 0 aromatic rings. The van der Waals surface area contributed by atoms with Crippen molar-refractivity contribution in [2.45, 2.75) is 0 Å². The van der Waals surface area contributed by atoms with E-state index in [9.17, 15) is 0 Å². The van der Waals surface area contributed by atoms with Gasteiger partial charge in [0.05, 0.1) is 0 Å². The summed E-state index contributed by atoms with van der Waals surface area (Å²) in [4.78, 5) is 0. The maximum absolute atomic E-state index is 0. The molecule has 0 rings (SSSR count). The van der Waals surface area contributed by atoms with Crippen LogP contribution in [0, 0.1) is 0 Å². The van der Waals surface area contributed by atoms with Crippen LogP contribution in [0.2, 0.25) is 0 Å². The first-order valence-electron chi connectivity index (χ1n) is 0. The summed E-state index contributed by atoms with van der Waals surface area (Å²) in [5.41, 5.74) is 0. The molecule has 0 bridgehead atoms. The third kappa shape index (κ3) is 389. The molecule has 0 amide bonds. The van der Waals surface area contributed by atoms with Crippen molar-refractivity contribution in [3.05, 3.63) is 0 Å². The summed E-state index contributed by atoms with van der Waals surface area (Å²) in [5.74, 6) is 0. The molecule has 0 heterocycles. The van der Waals surface area contributed by atoms with E-state index in [1.807, 2.05) is 0 Å². The second-order valence-electron chi connectivity index (χ2n) is 0. The van der Waals surface area contributed by atoms with E-state index >= 15 is 0 Å². The molecule has 0 saturated carbocycles. The van der Waals surface area contributed by atoms with Crippen molar-refractivity contribution in [1.29, 1.82) is 0 Å². The van der Waals surface area contributed by atoms with Gasteiger partial charge in [0.1, 0.15) is 0 Å². The molecule has 0 aliphatic heterocycles. The Balaban J connectivity index is 0. The molecule has 0 atom stereocenters. The first-order valence-corrected chi connectivity index (χ1v) is 0. The Hall–Kier alpha value is 1.28. The maximum Gasteiger partial charge on any atom is 0 e. The fourth-order valence-electron chi connectivity index (χ4n) is 0. The molecule has 0 aliphatic carbocycles. The quantitative estimate of drug-likeness (QED) is 0.402. The normalized spacial score (nSPS) is 0. The SMILES string of the molecule is O.O.O.O.O.[Cr].[Cr].[Ni].[OH-].[OH-]. The van der Waals surface area contributed by atoms with Crippen molar-refractivity contribution in [1.82, 2.24) is 0 Å². The van der Waals surface area contributed by atoms with E-state index < -0.39 is 0 Å². The van der Waals surface area contributed by atoms with Crippen LogP contribution in [0.5, 0.6) is 0 Å². The molecule has 0 spiro atoms. The third-order valence-electron chi connectivity index (χ3n) is 0. The van der Waals surface area contributed by atoms with Crippen molar-refractivity contribution in [3.63, 3.8) is 0 Å². The summed E-state index contributed by atoms with van der Waals surface area (Å²) < 4.78 is 0. The van der Waals surface area contributed by atoms with Gasteiger partial charge in [-0.3, -0.25) is 0 Å². The van der Waals surface area contributed by atoms with Gasteiger partial charge in [-0.15, -0.1) is 0 Å². The fraction of sp³-hybridized carbons (Fsp3) is 0. The smallest absolute Gasteiger partial charge is 0 e. The molecule has 78 valence electrons. The Bertz CT molecular complexity index is 11.6. The molecule has 0 radical (unpaired) electrons. The second-order valence-corrected chi connectivity index (χ2v) is 0. The Morgan fingerprint density at radius 1 is 0.400 bits per heavy atom. The zero-order valence-corrected chi connectivity index (χ0v) is 8.06. The van der Waals surface area contributed by atoms with Crippen LogP contribution in [0.1, 0.15) is 0 Å². The third-order valence-corrected chi connectivity index (χ3v) is 0. The molecular formula is H12Cr2NiO7-2. The standard InChI is InChI=1S/2Cr.Ni.7H2O/h;;;7*1H2/p-2. The van der Waals surface area contributed by atoms with Crippen LogP contribution in [0.3, 0.4) is 0 Å². The van der Waals surface area contributed by atoms with E-state index in [4.69, 9.17) is 0 Å². The van der Waals surface area contributed by atoms with Crippen molar-refractivity contribution in [2.75, 3.05) is 0 Å². The van der Waals surface area contributed by atoms with E-state index in [1.165, 1.54) is 0 Å². The summed E-state index contributed by atoms with van der Waals surface area (Å²) in [6.07, 6.45) is 0. The van der Waals surface area contributed by atoms with Crippen LogP contribution in [-0.2, 0) is 51.2 Å². The van der Waals surface area contributed by atoms with E-state index in [-0.39, 0.29) is 89.5 Å². The molecule has 0 fully saturated rings. The van der Waals surface area contributed by atoms with Gasteiger partial charge >= 0.3 is 0 Å². The van der Waals surface area contributed by atoms with Gasteiger partial charge < -0.3 is 38.3 Å². The molecule has 7 nitrogen and oxygen atoms in total. The van der Waals surface area contributed by atoms with Crippen molar-refractivity contribution < 1.29 is 89.5 Å². The van der Waals surface area contributed by atoms with Crippen LogP contribution in [0.15, 0.2) is 0 Å². The van der Waals surface area contributed by atoms with Gasteiger partial charge in [-0.05, 0) is 0 Å². The molecule has 0 unspecified atom stereocenters. The van der Waals surface area contributed by atoms with E-state index in [0.29, 0.717) is 0 Å². The molecule has 12 N–H and O–H groups in total. The van der Waals surface area contributed by atoms with Crippen LogP contribution >= 0.6 is 0 Å². The topological polar surface area (TPSA) is 218 Å². The van der Waals surface area contributed by atoms with E-state index in [2.05, 4.69) is 0 Å². The first kappa shape index (κ1) is 729. The van der Waals surface area contributed by atoms with Gasteiger partial charge in [-0.25, -0.2) is 0 Å². The number of rotatable bonds is 0. The average Bonchev–Trinajstić information content (AvgIpc) is 0. The van der Waals surface area contributed by atoms with E-state index in [1.54, 1.807) is 0 Å². The maximum atomic E-state index is 0. The second kappa shape index (κ2) is 541. The summed E-state index contributed by atoms with van der Waals surface area (Å²) in [5, 5.41) is 0. The minimum Gasteiger partial charge on any atom is -0.870 e. The summed E-state index contributed by atoms with van der Waals surface area (Å²) >= 11 is 0. The van der Waals surface area contributed by atoms with Crippen molar-refractivity contribution >= 4 is 0 Å². The van der Waals surface area contributed by atoms with Gasteiger partial charge in [0, 0.05) is 51.2 Å². The monoisotopic (exact) mass is 286 g/mol. The zero-order valence-electron chi connectivity index (χ0n) is 4.53. The summed E-state index contributed by atoms with van der Waals surface area (Å²) in [6.45, 7) is 0. The molecule has 10 heavy (non-hydrogen) atoms. The first-order chi connectivity index (χ1) is 0. The van der Waals surface area contributed by atoms with Crippen molar-refractivity contribution in [2.24, 2.45) is 0 Å². The van der Waals surface area contributed by atoms with Crippen LogP contribution < -0.4 is 0 Å². The molecular weight excluding hydrogens is 275 g/mol. The number of hydrogen-bond donors (Lipinski definition) is 0. The predicted octanol–water partition coefficient (Wildman–Crippen LogP) is -4.48. The largest absolute Gasteiger partial charge is 0.870 e. The fourth-order valence-corrected chi connectivity index (χ4v) is 0. The Morgan fingerprint density at radius 2 is 0.400 bits per heavy atom. The molecule has 0 aliphatic rings. The Morgan fingerprint density at radius 3 is 0.400 bits per heavy atom. The van der Waals surface area contributed by atoms with Crippen LogP contribution in [0.4, 0.5) is 0 Å². The Kier molecular flexibility index (Phi) is 39500. The molecule has 0 aromatic carbocycles. The predicted molar refractivity (Wildman–Crippen MR) is 21.9 cm³/mol. The zero-order chi connectivity index (χ0) is 0. The Labute approximate surface area is 89.5 Å². The summed E-state index contributed by atoms with van der Waals surface area (Å²) in [7, 11) is 0. The van der Waals surface area contributed by atoms with Crippen LogP contribution in [-0.4, -0.2) is 38.3 Å². The average molecular weight is 287 g/mol. The van der Waals surface area contributed by atoms with Gasteiger partial charge in [0.15, 0.2) is 0 Å². The van der Waals surface area contributed by atoms with E-state index in [0.717, 1.165) is 0 Å². The number of hydrogen-bond acceptors (Lipinski definition) is 2. The van der Waals surface area contributed by atoms with Crippen molar-refractivity contribution in [3.8, 4) is 0 Å². The minimum absolute atomic E-state index is 0. The molecule has 0 saturated heterocycles. The van der Waals surface area contributed by atoms with Crippen LogP contribution in [0.25, 0.3) is 0 Å².